The van der Waals surface area contributed by atoms with Gasteiger partial charge < -0.3 is 4.74 Å². The third kappa shape index (κ3) is 2.86. The molecule has 1 aliphatic heterocycles. The van der Waals surface area contributed by atoms with Crippen LogP contribution in [0.5, 0.6) is 5.75 Å². The maximum absolute atomic E-state index is 13.0. The third-order valence-corrected chi connectivity index (χ3v) is 6.45. The maximum atomic E-state index is 13.0. The average molecular weight is 331 g/mol. The fraction of sp³-hybridized carbons (Fsp3) is 0.333. The van der Waals surface area contributed by atoms with E-state index in [1.807, 2.05) is 44.2 Å². The predicted molar refractivity (Wildman–Crippen MR) is 90.2 cm³/mol. The van der Waals surface area contributed by atoms with Gasteiger partial charge in [-0.2, -0.15) is 4.31 Å². The van der Waals surface area contributed by atoms with E-state index in [2.05, 4.69) is 0 Å². The van der Waals surface area contributed by atoms with Gasteiger partial charge in [-0.05, 0) is 55.7 Å². The number of benzene rings is 2. The molecular formula is C18H21NO3S. The molecule has 5 heteroatoms. The molecular weight excluding hydrogens is 310 g/mol. The second-order valence-corrected chi connectivity index (χ2v) is 7.81. The molecule has 0 fully saturated rings. The van der Waals surface area contributed by atoms with Gasteiger partial charge in [0.2, 0.25) is 10.0 Å². The monoisotopic (exact) mass is 331 g/mol. The molecule has 122 valence electrons. The number of ether oxygens (including phenoxy) is 1. The van der Waals surface area contributed by atoms with Crippen molar-refractivity contribution in [2.45, 2.75) is 31.2 Å². The molecule has 1 unspecified atom stereocenters. The lowest BCUT2D eigenvalue weighted by atomic mass is 9.95. The second kappa shape index (κ2) is 5.98. The maximum Gasteiger partial charge on any atom is 0.243 e. The quantitative estimate of drug-likeness (QED) is 0.867. The van der Waals surface area contributed by atoms with Crippen molar-refractivity contribution in [1.29, 1.82) is 0 Å². The summed E-state index contributed by atoms with van der Waals surface area (Å²) in [5, 5.41) is 0. The number of sulfonamides is 1. The summed E-state index contributed by atoms with van der Waals surface area (Å²) < 4.78 is 32.8. The normalized spacial score (nSPS) is 18.5. The molecule has 1 heterocycles. The molecule has 0 amide bonds. The smallest absolute Gasteiger partial charge is 0.243 e. The molecule has 2 aromatic carbocycles. The highest BCUT2D eigenvalue weighted by Crippen LogP contribution is 2.35. The Bertz CT molecular complexity index is 813. The summed E-state index contributed by atoms with van der Waals surface area (Å²) >= 11 is 0. The fourth-order valence-electron chi connectivity index (χ4n) is 3.07. The van der Waals surface area contributed by atoms with E-state index in [0.717, 1.165) is 23.3 Å². The Morgan fingerprint density at radius 3 is 2.48 bits per heavy atom. The Balaban J connectivity index is 1.99. The van der Waals surface area contributed by atoms with E-state index in [9.17, 15) is 8.42 Å². The van der Waals surface area contributed by atoms with Crippen molar-refractivity contribution in [2.24, 2.45) is 0 Å². The van der Waals surface area contributed by atoms with Crippen LogP contribution >= 0.6 is 0 Å². The number of nitrogens with zero attached hydrogens (tertiary/aromatic N) is 1. The number of rotatable bonds is 3. The van der Waals surface area contributed by atoms with E-state index in [0.29, 0.717) is 11.4 Å². The first-order chi connectivity index (χ1) is 10.9. The standard InChI is InChI=1S/C18H21NO3S/c1-13-4-8-17(9-5-13)23(20,21)19-11-10-15-6-7-16(22-3)12-18(15)14(19)2/h4-9,12,14H,10-11H2,1-3H3. The van der Waals surface area contributed by atoms with Crippen LogP contribution in [0, 0.1) is 6.92 Å². The summed E-state index contributed by atoms with van der Waals surface area (Å²) in [7, 11) is -1.88. The molecule has 0 aliphatic carbocycles. The molecule has 4 nitrogen and oxygen atoms in total. The fourth-order valence-corrected chi connectivity index (χ4v) is 4.68. The molecule has 0 radical (unpaired) electrons. The molecule has 0 N–H and O–H groups in total. The van der Waals surface area contributed by atoms with Gasteiger partial charge in [-0.1, -0.05) is 23.8 Å². The van der Waals surface area contributed by atoms with Gasteiger partial charge in [0, 0.05) is 12.6 Å². The van der Waals surface area contributed by atoms with Gasteiger partial charge in [-0.25, -0.2) is 8.42 Å². The number of methoxy groups -OCH3 is 1. The van der Waals surface area contributed by atoms with Crippen molar-refractivity contribution < 1.29 is 13.2 Å². The summed E-state index contributed by atoms with van der Waals surface area (Å²) in [5.41, 5.74) is 3.26. The van der Waals surface area contributed by atoms with E-state index in [1.54, 1.807) is 23.5 Å². The molecule has 0 saturated heterocycles. The first kappa shape index (κ1) is 16.0. The van der Waals surface area contributed by atoms with Crippen molar-refractivity contribution in [3.05, 3.63) is 59.2 Å². The predicted octanol–water partition coefficient (Wildman–Crippen LogP) is 3.31. The van der Waals surface area contributed by atoms with Crippen LogP contribution in [0.3, 0.4) is 0 Å². The minimum Gasteiger partial charge on any atom is -0.497 e. The zero-order valence-electron chi connectivity index (χ0n) is 13.6. The minimum atomic E-state index is -3.50. The van der Waals surface area contributed by atoms with Crippen LogP contribution in [0.4, 0.5) is 0 Å². The lowest BCUT2D eigenvalue weighted by molar-refractivity contribution is 0.324. The average Bonchev–Trinajstić information content (AvgIpc) is 2.55. The molecule has 0 saturated carbocycles. The van der Waals surface area contributed by atoms with E-state index in [-0.39, 0.29) is 6.04 Å². The molecule has 23 heavy (non-hydrogen) atoms. The second-order valence-electron chi connectivity index (χ2n) is 5.92. The van der Waals surface area contributed by atoms with Crippen molar-refractivity contribution in [3.63, 3.8) is 0 Å². The first-order valence-electron chi connectivity index (χ1n) is 7.69. The van der Waals surface area contributed by atoms with Crippen molar-refractivity contribution in [1.82, 2.24) is 4.31 Å². The number of hydrogen-bond acceptors (Lipinski definition) is 3. The SMILES string of the molecule is COc1ccc2c(c1)C(C)N(S(=O)(=O)c1ccc(C)cc1)CC2. The summed E-state index contributed by atoms with van der Waals surface area (Å²) in [5.74, 6) is 0.755. The highest BCUT2D eigenvalue weighted by Gasteiger charge is 2.33. The molecule has 3 rings (SSSR count). The van der Waals surface area contributed by atoms with Crippen LogP contribution in [0.25, 0.3) is 0 Å². The number of fused-ring (bicyclic) bond motifs is 1. The lowest BCUT2D eigenvalue weighted by Crippen LogP contribution is -2.38. The van der Waals surface area contributed by atoms with E-state index >= 15 is 0 Å². The Hall–Kier alpha value is -1.85. The molecule has 1 aliphatic rings. The number of aryl methyl sites for hydroxylation is 1. The Kier molecular flexibility index (Phi) is 4.17. The Labute approximate surface area is 137 Å². The summed E-state index contributed by atoms with van der Waals surface area (Å²) in [6.07, 6.45) is 0.717. The Morgan fingerprint density at radius 2 is 1.83 bits per heavy atom. The van der Waals surface area contributed by atoms with Crippen molar-refractivity contribution in [2.75, 3.05) is 13.7 Å². The van der Waals surface area contributed by atoms with E-state index in [4.69, 9.17) is 4.74 Å². The van der Waals surface area contributed by atoms with Crippen LogP contribution in [0.2, 0.25) is 0 Å². The lowest BCUT2D eigenvalue weighted by Gasteiger charge is -2.34. The van der Waals surface area contributed by atoms with Crippen LogP contribution in [0.1, 0.15) is 29.7 Å². The van der Waals surface area contributed by atoms with Crippen LogP contribution < -0.4 is 4.74 Å². The Morgan fingerprint density at radius 1 is 1.13 bits per heavy atom. The van der Waals surface area contributed by atoms with Gasteiger partial charge in [0.25, 0.3) is 0 Å². The van der Waals surface area contributed by atoms with E-state index in [1.165, 1.54) is 5.56 Å². The molecule has 0 bridgehead atoms. The minimum absolute atomic E-state index is 0.208. The van der Waals surface area contributed by atoms with E-state index < -0.39 is 10.0 Å². The highest BCUT2D eigenvalue weighted by molar-refractivity contribution is 7.89. The van der Waals surface area contributed by atoms with Crippen LogP contribution in [0.15, 0.2) is 47.4 Å². The van der Waals surface area contributed by atoms with Gasteiger partial charge in [0.1, 0.15) is 5.75 Å². The first-order valence-corrected chi connectivity index (χ1v) is 9.13. The van der Waals surface area contributed by atoms with Gasteiger partial charge in [-0.3, -0.25) is 0 Å². The molecule has 0 spiro atoms. The van der Waals surface area contributed by atoms with Crippen molar-refractivity contribution in [3.8, 4) is 5.75 Å². The molecule has 0 aromatic heterocycles. The highest BCUT2D eigenvalue weighted by atomic mass is 32.2. The topological polar surface area (TPSA) is 46.6 Å². The largest absolute Gasteiger partial charge is 0.497 e. The summed E-state index contributed by atoms with van der Waals surface area (Å²) in [6.45, 7) is 4.38. The van der Waals surface area contributed by atoms with Crippen LogP contribution in [-0.4, -0.2) is 26.4 Å². The van der Waals surface area contributed by atoms with Crippen molar-refractivity contribution >= 4 is 10.0 Å². The molecule has 1 atom stereocenters. The van der Waals surface area contributed by atoms with Gasteiger partial charge in [-0.15, -0.1) is 0 Å². The summed E-state index contributed by atoms with van der Waals surface area (Å²) in [6, 6.07) is 12.7. The zero-order chi connectivity index (χ0) is 16.6. The summed E-state index contributed by atoms with van der Waals surface area (Å²) in [4.78, 5) is 0.348. The molecule has 2 aromatic rings. The number of hydrogen-bond donors (Lipinski definition) is 0. The zero-order valence-corrected chi connectivity index (χ0v) is 14.4. The van der Waals surface area contributed by atoms with Crippen LogP contribution in [-0.2, 0) is 16.4 Å². The van der Waals surface area contributed by atoms with Gasteiger partial charge in [0.05, 0.1) is 12.0 Å². The third-order valence-electron chi connectivity index (χ3n) is 4.46. The van der Waals surface area contributed by atoms with Gasteiger partial charge >= 0.3 is 0 Å². The van der Waals surface area contributed by atoms with Gasteiger partial charge in [0.15, 0.2) is 0 Å².